The summed E-state index contributed by atoms with van der Waals surface area (Å²) in [5, 5.41) is 6.79. The van der Waals surface area contributed by atoms with Crippen LogP contribution in [-0.4, -0.2) is 101 Å². The van der Waals surface area contributed by atoms with Crippen molar-refractivity contribution in [1.82, 2.24) is 30.0 Å². The lowest BCUT2D eigenvalue weighted by molar-refractivity contribution is -0.136. The molecule has 58 heavy (non-hydrogen) atoms. The first kappa shape index (κ1) is 40.1. The standard InChI is InChI=1S/C44H51BrFN7O5/c1-26(30-5-4-6-31(45)19-30)47-42-35-22-39(57-3)40(23-37(35)48-27(2)49-42)58-18-17-51-13-9-28(10-14-51)24-52-15-11-29(12-16-52)33-20-32(46)21-34-36(33)25-53(44(34)56)38-7-8-41(54)50-43(38)55/h4-6,19-23,26,28-29,38H,7-18,24-25H2,1-3H3,(H,47,48,49)(H,50,54,55)/t26-,38?/m1/s1. The van der Waals surface area contributed by atoms with Crippen molar-refractivity contribution in [1.29, 1.82) is 0 Å². The second-order valence-electron chi connectivity index (χ2n) is 16.2. The highest BCUT2D eigenvalue weighted by Crippen LogP contribution is 2.39. The molecule has 1 aromatic heterocycles. The average Bonchev–Trinajstić information content (AvgIpc) is 3.53. The van der Waals surface area contributed by atoms with Gasteiger partial charge in [-0.1, -0.05) is 28.1 Å². The minimum atomic E-state index is -0.711. The van der Waals surface area contributed by atoms with Gasteiger partial charge in [-0.3, -0.25) is 24.6 Å². The van der Waals surface area contributed by atoms with E-state index in [1.165, 1.54) is 11.0 Å². The third-order valence-corrected chi connectivity index (χ3v) is 12.9. The molecule has 306 valence electrons. The number of benzene rings is 3. The van der Waals surface area contributed by atoms with Crippen molar-refractivity contribution in [3.63, 3.8) is 0 Å². The summed E-state index contributed by atoms with van der Waals surface area (Å²) < 4.78 is 28.0. The van der Waals surface area contributed by atoms with Gasteiger partial charge in [-0.2, -0.15) is 0 Å². The van der Waals surface area contributed by atoms with Crippen molar-refractivity contribution < 1.29 is 28.2 Å². The second kappa shape index (κ2) is 17.3. The van der Waals surface area contributed by atoms with Gasteiger partial charge in [-0.05, 0) is 131 Å². The van der Waals surface area contributed by atoms with Gasteiger partial charge in [0.1, 0.15) is 30.1 Å². The van der Waals surface area contributed by atoms with Crippen molar-refractivity contribution in [3.05, 3.63) is 86.9 Å². The fourth-order valence-corrected chi connectivity index (χ4v) is 9.60. The van der Waals surface area contributed by atoms with Crippen LogP contribution in [0.5, 0.6) is 11.5 Å². The Morgan fingerprint density at radius 2 is 1.74 bits per heavy atom. The Balaban J connectivity index is 0.809. The number of amides is 3. The van der Waals surface area contributed by atoms with Crippen LogP contribution < -0.4 is 20.1 Å². The molecule has 3 amide bonds. The highest BCUT2D eigenvalue weighted by Gasteiger charge is 2.41. The maximum Gasteiger partial charge on any atom is 0.255 e. The summed E-state index contributed by atoms with van der Waals surface area (Å²) in [4.78, 5) is 53.6. The lowest BCUT2D eigenvalue weighted by Gasteiger charge is -2.38. The van der Waals surface area contributed by atoms with Crippen molar-refractivity contribution in [2.45, 2.75) is 76.9 Å². The normalized spacial score (nSPS) is 20.3. The molecular weight excluding hydrogens is 805 g/mol. The zero-order valence-electron chi connectivity index (χ0n) is 33.4. The van der Waals surface area contributed by atoms with Crippen LogP contribution in [0.1, 0.15) is 90.3 Å². The van der Waals surface area contributed by atoms with Gasteiger partial charge in [-0.15, -0.1) is 0 Å². The van der Waals surface area contributed by atoms with Crippen molar-refractivity contribution in [3.8, 4) is 11.5 Å². The van der Waals surface area contributed by atoms with Crippen LogP contribution in [-0.2, 0) is 16.1 Å². The van der Waals surface area contributed by atoms with E-state index in [-0.39, 0.29) is 43.2 Å². The van der Waals surface area contributed by atoms with Crippen LogP contribution in [0.2, 0.25) is 0 Å². The van der Waals surface area contributed by atoms with Gasteiger partial charge in [0.25, 0.3) is 5.91 Å². The fourth-order valence-electron chi connectivity index (χ4n) is 9.19. The second-order valence-corrected chi connectivity index (χ2v) is 17.1. The lowest BCUT2D eigenvalue weighted by atomic mass is 9.84. The Hall–Kier alpha value is -4.66. The molecule has 3 fully saturated rings. The first-order chi connectivity index (χ1) is 28.0. The van der Waals surface area contributed by atoms with E-state index < -0.39 is 17.8 Å². The Bertz CT molecular complexity index is 2210. The molecule has 0 saturated carbocycles. The van der Waals surface area contributed by atoms with E-state index >= 15 is 0 Å². The maximum atomic E-state index is 14.9. The molecule has 0 radical (unpaired) electrons. The summed E-state index contributed by atoms with van der Waals surface area (Å²) in [6.07, 6.45) is 4.52. The molecule has 4 aromatic rings. The maximum absolute atomic E-state index is 14.9. The highest BCUT2D eigenvalue weighted by atomic mass is 79.9. The molecule has 14 heteroatoms. The molecule has 2 N–H and O–H groups in total. The summed E-state index contributed by atoms with van der Waals surface area (Å²) in [6, 6.07) is 14.3. The number of imide groups is 1. The number of carbonyl (C=O) groups is 3. The Morgan fingerprint density at radius 1 is 0.966 bits per heavy atom. The number of ether oxygens (including phenoxy) is 2. The SMILES string of the molecule is COc1cc2c(N[C@H](C)c3cccc(Br)c3)nc(C)nc2cc1OCCN1CCC(CN2CCC(c3cc(F)cc4c3CN(C3CCC(=O)NC3=O)C4=O)CC2)CC1. The smallest absolute Gasteiger partial charge is 0.255 e. The van der Waals surface area contributed by atoms with Gasteiger partial charge >= 0.3 is 0 Å². The summed E-state index contributed by atoms with van der Waals surface area (Å²) in [5.74, 6) is 1.98. The third kappa shape index (κ3) is 8.69. The highest BCUT2D eigenvalue weighted by molar-refractivity contribution is 9.10. The summed E-state index contributed by atoms with van der Waals surface area (Å²) in [6.45, 7) is 10.6. The van der Waals surface area contributed by atoms with E-state index in [1.807, 2.05) is 31.2 Å². The number of aromatic nitrogens is 2. The molecule has 8 rings (SSSR count). The molecule has 0 spiro atoms. The van der Waals surface area contributed by atoms with Crippen LogP contribution in [0.25, 0.3) is 10.9 Å². The van der Waals surface area contributed by atoms with Crippen LogP contribution in [0.15, 0.2) is 53.0 Å². The third-order valence-electron chi connectivity index (χ3n) is 12.4. The number of halogens is 2. The quantitative estimate of drug-likeness (QED) is 0.148. The van der Waals surface area contributed by atoms with Gasteiger partial charge in [0, 0.05) is 47.5 Å². The number of anilines is 1. The number of nitrogens with one attached hydrogen (secondary N) is 2. The molecule has 5 heterocycles. The summed E-state index contributed by atoms with van der Waals surface area (Å²) >= 11 is 3.57. The monoisotopic (exact) mass is 855 g/mol. The van der Waals surface area contributed by atoms with Crippen LogP contribution in [0, 0.1) is 18.7 Å². The summed E-state index contributed by atoms with van der Waals surface area (Å²) in [5.41, 5.74) is 4.01. The van der Waals surface area contributed by atoms with Crippen LogP contribution in [0.3, 0.4) is 0 Å². The Kier molecular flexibility index (Phi) is 12.0. The average molecular weight is 857 g/mol. The van der Waals surface area contributed by atoms with E-state index in [9.17, 15) is 18.8 Å². The van der Waals surface area contributed by atoms with E-state index in [2.05, 4.69) is 55.4 Å². The molecule has 4 aliphatic rings. The van der Waals surface area contributed by atoms with Crippen molar-refractivity contribution in [2.24, 2.45) is 5.92 Å². The van der Waals surface area contributed by atoms with Gasteiger partial charge in [0.05, 0.1) is 18.7 Å². The molecule has 12 nitrogen and oxygen atoms in total. The lowest BCUT2D eigenvalue weighted by Crippen LogP contribution is -2.52. The largest absolute Gasteiger partial charge is 0.493 e. The van der Waals surface area contributed by atoms with Gasteiger partial charge in [0.2, 0.25) is 11.8 Å². The van der Waals surface area contributed by atoms with Gasteiger partial charge in [0.15, 0.2) is 11.5 Å². The number of hydrogen-bond donors (Lipinski definition) is 2. The number of fused-ring (bicyclic) bond motifs is 2. The molecule has 0 bridgehead atoms. The molecule has 0 aliphatic carbocycles. The van der Waals surface area contributed by atoms with Crippen molar-refractivity contribution >= 4 is 50.4 Å². The minimum Gasteiger partial charge on any atom is -0.493 e. The number of rotatable bonds is 12. The van der Waals surface area contributed by atoms with Crippen LogP contribution >= 0.6 is 15.9 Å². The Morgan fingerprint density at radius 3 is 2.48 bits per heavy atom. The van der Waals surface area contributed by atoms with Gasteiger partial charge in [-0.25, -0.2) is 14.4 Å². The zero-order valence-corrected chi connectivity index (χ0v) is 34.9. The number of nitrogens with zero attached hydrogens (tertiary/aromatic N) is 5. The molecule has 1 unspecified atom stereocenters. The van der Waals surface area contributed by atoms with Gasteiger partial charge < -0.3 is 24.6 Å². The molecular formula is C44H51BrFN7O5. The van der Waals surface area contributed by atoms with E-state index in [4.69, 9.17) is 19.4 Å². The van der Waals surface area contributed by atoms with Crippen molar-refractivity contribution in [2.75, 3.05) is 58.3 Å². The topological polar surface area (TPSA) is 129 Å². The molecule has 4 aliphatic heterocycles. The molecule has 3 saturated heterocycles. The fraction of sp³-hybridized carbons (Fsp3) is 0.477. The molecule has 2 atom stereocenters. The van der Waals surface area contributed by atoms with Crippen LogP contribution in [0.4, 0.5) is 10.2 Å². The van der Waals surface area contributed by atoms with E-state index in [0.717, 1.165) is 103 Å². The zero-order chi connectivity index (χ0) is 40.5. The van der Waals surface area contributed by atoms with E-state index in [1.54, 1.807) is 13.2 Å². The predicted octanol–water partition coefficient (Wildman–Crippen LogP) is 6.75. The number of piperidine rings is 3. The number of aryl methyl sites for hydroxylation is 1. The first-order valence-electron chi connectivity index (χ1n) is 20.5. The summed E-state index contributed by atoms with van der Waals surface area (Å²) in [7, 11) is 1.65. The number of likely N-dealkylation sites (tertiary alicyclic amines) is 2. The van der Waals surface area contributed by atoms with E-state index in [0.29, 0.717) is 35.4 Å². The number of carbonyl (C=O) groups excluding carboxylic acids is 3. The first-order valence-corrected chi connectivity index (χ1v) is 21.2. The molecule has 3 aromatic carbocycles. The predicted molar refractivity (Wildman–Crippen MR) is 223 cm³/mol. The Labute approximate surface area is 347 Å². The minimum absolute atomic E-state index is 0.0261. The number of hydrogen-bond acceptors (Lipinski definition) is 10. The number of methoxy groups -OCH3 is 1.